The number of esters is 1. The number of carbonyl (C=O) groups excluding carboxylic acids is 1. The van der Waals surface area contributed by atoms with Gasteiger partial charge in [0.1, 0.15) is 6.10 Å². The summed E-state index contributed by atoms with van der Waals surface area (Å²) in [6.45, 7) is 3.17. The predicted molar refractivity (Wildman–Crippen MR) is 127 cm³/mol. The van der Waals surface area contributed by atoms with E-state index in [0.717, 1.165) is 69.1 Å². The first-order chi connectivity index (χ1) is 15.5. The van der Waals surface area contributed by atoms with Crippen LogP contribution >= 0.6 is 0 Å². The number of nitrogens with zero attached hydrogens (tertiary/aromatic N) is 1. The number of hydrogen-bond acceptors (Lipinski definition) is 3. The van der Waals surface area contributed by atoms with Crippen LogP contribution in [0.15, 0.2) is 60.7 Å². The third-order valence-corrected chi connectivity index (χ3v) is 7.73. The van der Waals surface area contributed by atoms with Crippen LogP contribution in [-0.2, 0) is 21.6 Å². The second-order valence-electron chi connectivity index (χ2n) is 10.1. The third kappa shape index (κ3) is 5.24. The molecular formula is C28H38NO3+. The van der Waals surface area contributed by atoms with Crippen molar-refractivity contribution in [3.05, 3.63) is 71.8 Å². The smallest absolute Gasteiger partial charge is 0.343 e. The molecule has 0 bridgehead atoms. The fourth-order valence-electron chi connectivity index (χ4n) is 5.62. The van der Waals surface area contributed by atoms with Crippen LogP contribution in [0.1, 0.15) is 56.1 Å². The van der Waals surface area contributed by atoms with E-state index in [1.165, 1.54) is 12.0 Å². The number of rotatable bonds is 8. The van der Waals surface area contributed by atoms with E-state index < -0.39 is 11.6 Å². The highest BCUT2D eigenvalue weighted by atomic mass is 16.6. The Bertz CT molecular complexity index is 855. The lowest BCUT2D eigenvalue weighted by atomic mass is 9.80. The summed E-state index contributed by atoms with van der Waals surface area (Å²) in [6.07, 6.45) is 7.79. The zero-order valence-corrected chi connectivity index (χ0v) is 19.4. The van der Waals surface area contributed by atoms with E-state index in [0.29, 0.717) is 5.56 Å². The molecule has 1 heterocycles. The van der Waals surface area contributed by atoms with E-state index in [1.54, 1.807) is 0 Å². The Morgan fingerprint density at radius 1 is 0.969 bits per heavy atom. The average molecular weight is 437 g/mol. The number of quaternary nitrogens is 1. The van der Waals surface area contributed by atoms with E-state index in [2.05, 4.69) is 37.4 Å². The van der Waals surface area contributed by atoms with E-state index in [4.69, 9.17) is 4.74 Å². The molecule has 1 N–H and O–H groups in total. The van der Waals surface area contributed by atoms with E-state index in [1.807, 2.05) is 30.3 Å². The Kier molecular flexibility index (Phi) is 7.32. The highest BCUT2D eigenvalue weighted by molar-refractivity contribution is 5.81. The largest absolute Gasteiger partial charge is 0.460 e. The van der Waals surface area contributed by atoms with Gasteiger partial charge in [0.05, 0.1) is 26.7 Å². The maximum atomic E-state index is 13.3. The van der Waals surface area contributed by atoms with Crippen LogP contribution in [0, 0.1) is 5.92 Å². The molecule has 172 valence electrons. The van der Waals surface area contributed by atoms with Crippen molar-refractivity contribution in [1.29, 1.82) is 0 Å². The third-order valence-electron chi connectivity index (χ3n) is 7.73. The van der Waals surface area contributed by atoms with Crippen molar-refractivity contribution >= 4 is 5.97 Å². The zero-order valence-electron chi connectivity index (χ0n) is 19.4. The number of benzene rings is 2. The van der Waals surface area contributed by atoms with Crippen molar-refractivity contribution < 1.29 is 19.1 Å². The molecule has 4 rings (SSSR count). The van der Waals surface area contributed by atoms with Gasteiger partial charge < -0.3 is 14.3 Å². The summed E-state index contributed by atoms with van der Waals surface area (Å²) in [5.74, 6) is -0.499. The maximum absolute atomic E-state index is 13.3. The summed E-state index contributed by atoms with van der Waals surface area (Å²) in [4.78, 5) is 13.3. The van der Waals surface area contributed by atoms with Crippen molar-refractivity contribution in [2.45, 2.75) is 63.1 Å². The molecule has 1 saturated heterocycles. The van der Waals surface area contributed by atoms with Crippen LogP contribution in [0.4, 0.5) is 0 Å². The van der Waals surface area contributed by atoms with Gasteiger partial charge in [-0.15, -0.1) is 0 Å². The minimum atomic E-state index is -1.52. The Hall–Kier alpha value is -2.17. The monoisotopic (exact) mass is 436 g/mol. The molecule has 4 heteroatoms. The predicted octanol–water partition coefficient (Wildman–Crippen LogP) is 4.85. The van der Waals surface area contributed by atoms with Gasteiger partial charge in [-0.2, -0.15) is 0 Å². The molecule has 1 atom stereocenters. The van der Waals surface area contributed by atoms with Crippen molar-refractivity contribution in [3.63, 3.8) is 0 Å². The van der Waals surface area contributed by atoms with Gasteiger partial charge in [-0.3, -0.25) is 0 Å². The van der Waals surface area contributed by atoms with Crippen LogP contribution in [0.5, 0.6) is 0 Å². The molecule has 2 aliphatic rings. The van der Waals surface area contributed by atoms with Crippen molar-refractivity contribution in [2.24, 2.45) is 5.92 Å². The fourth-order valence-corrected chi connectivity index (χ4v) is 5.62. The topological polar surface area (TPSA) is 46.5 Å². The first kappa shape index (κ1) is 23.0. The first-order valence-electron chi connectivity index (χ1n) is 12.4. The second kappa shape index (κ2) is 10.2. The van der Waals surface area contributed by atoms with Gasteiger partial charge in [0.25, 0.3) is 0 Å². The summed E-state index contributed by atoms with van der Waals surface area (Å²) in [6, 6.07) is 20.1. The number of carbonyl (C=O) groups is 1. The van der Waals surface area contributed by atoms with Gasteiger partial charge in [0, 0.05) is 25.2 Å². The average Bonchev–Trinajstić information content (AvgIpc) is 3.37. The second-order valence-corrected chi connectivity index (χ2v) is 10.1. The van der Waals surface area contributed by atoms with Gasteiger partial charge >= 0.3 is 5.97 Å². The molecule has 2 fully saturated rings. The number of piperidine rings is 1. The van der Waals surface area contributed by atoms with Crippen LogP contribution in [0.3, 0.4) is 0 Å². The molecule has 0 spiro atoms. The molecule has 1 unspecified atom stereocenters. The molecule has 2 aromatic rings. The van der Waals surface area contributed by atoms with Crippen molar-refractivity contribution in [1.82, 2.24) is 0 Å². The minimum Gasteiger partial charge on any atom is -0.460 e. The Labute approximate surface area is 192 Å². The molecule has 0 aromatic heterocycles. The first-order valence-corrected chi connectivity index (χ1v) is 12.4. The lowest BCUT2D eigenvalue weighted by molar-refractivity contribution is -0.915. The zero-order chi connectivity index (χ0) is 22.4. The van der Waals surface area contributed by atoms with E-state index in [-0.39, 0.29) is 12.0 Å². The maximum Gasteiger partial charge on any atom is 0.343 e. The quantitative estimate of drug-likeness (QED) is 0.475. The molecular weight excluding hydrogens is 398 g/mol. The molecule has 1 saturated carbocycles. The van der Waals surface area contributed by atoms with E-state index >= 15 is 0 Å². The van der Waals surface area contributed by atoms with Crippen LogP contribution < -0.4 is 0 Å². The lowest BCUT2D eigenvalue weighted by Crippen LogP contribution is -2.53. The SMILES string of the molecule is C[N+]1(CCCc2ccccc2)CCC(OC(=O)C(O)(c2ccccc2)C2CCCC2)CC1. The van der Waals surface area contributed by atoms with Gasteiger partial charge in [-0.1, -0.05) is 73.5 Å². The summed E-state index contributed by atoms with van der Waals surface area (Å²) in [5, 5.41) is 11.6. The number of likely N-dealkylation sites (tertiary alicyclic amines) is 1. The standard InChI is InChI=1S/C28H38NO3/c1-29(20-10-13-23-11-4-2-5-12-23)21-18-26(19-22-29)32-27(30)28(31,25-16-8-9-17-25)24-14-6-3-7-15-24/h2-7,11-12,14-15,25-26,31H,8-10,13,16-22H2,1H3/q+1. The highest BCUT2D eigenvalue weighted by Gasteiger charge is 2.49. The lowest BCUT2D eigenvalue weighted by Gasteiger charge is -2.41. The number of aliphatic hydroxyl groups is 1. The van der Waals surface area contributed by atoms with Gasteiger partial charge in [0.15, 0.2) is 5.60 Å². The summed E-state index contributed by atoms with van der Waals surface area (Å²) in [7, 11) is 2.32. The summed E-state index contributed by atoms with van der Waals surface area (Å²) >= 11 is 0. The molecule has 1 aliphatic carbocycles. The molecule has 2 aromatic carbocycles. The van der Waals surface area contributed by atoms with Gasteiger partial charge in [-0.05, 0) is 30.4 Å². The van der Waals surface area contributed by atoms with Crippen molar-refractivity contribution in [2.75, 3.05) is 26.7 Å². The fraction of sp³-hybridized carbons (Fsp3) is 0.536. The van der Waals surface area contributed by atoms with Crippen LogP contribution in [0.2, 0.25) is 0 Å². The Balaban J connectivity index is 1.32. The van der Waals surface area contributed by atoms with Crippen LogP contribution in [-0.4, -0.2) is 48.3 Å². The number of hydrogen-bond donors (Lipinski definition) is 1. The van der Waals surface area contributed by atoms with Gasteiger partial charge in [0.2, 0.25) is 0 Å². The van der Waals surface area contributed by atoms with E-state index in [9.17, 15) is 9.90 Å². The minimum absolute atomic E-state index is 0.0555. The molecule has 32 heavy (non-hydrogen) atoms. The molecule has 1 aliphatic heterocycles. The van der Waals surface area contributed by atoms with Crippen molar-refractivity contribution in [3.8, 4) is 0 Å². The highest BCUT2D eigenvalue weighted by Crippen LogP contribution is 2.42. The molecule has 4 nitrogen and oxygen atoms in total. The Morgan fingerprint density at radius 3 is 2.19 bits per heavy atom. The number of aryl methyl sites for hydroxylation is 1. The van der Waals surface area contributed by atoms with Gasteiger partial charge in [-0.25, -0.2) is 4.79 Å². The normalized spacial score (nSPS) is 25.9. The summed E-state index contributed by atoms with van der Waals surface area (Å²) in [5.41, 5.74) is 0.549. The molecule has 0 radical (unpaired) electrons. The summed E-state index contributed by atoms with van der Waals surface area (Å²) < 4.78 is 7.03. The number of ether oxygens (including phenoxy) is 1. The van der Waals surface area contributed by atoms with Crippen LogP contribution in [0.25, 0.3) is 0 Å². The molecule has 0 amide bonds. The Morgan fingerprint density at radius 2 is 1.56 bits per heavy atom.